The Kier molecular flexibility index (Phi) is 5.72. The third-order valence-corrected chi connectivity index (χ3v) is 3.85. The van der Waals surface area contributed by atoms with Crippen LogP contribution in [0.2, 0.25) is 0 Å². The van der Waals surface area contributed by atoms with E-state index in [9.17, 15) is 5.11 Å². The number of thiophene rings is 1. The Bertz CT molecular complexity index is 491. The fraction of sp³-hybridized carbons (Fsp3) is 0.500. The summed E-state index contributed by atoms with van der Waals surface area (Å²) in [4.78, 5) is 1.17. The number of nitrogens with zero attached hydrogens (tertiary/aromatic N) is 1. The van der Waals surface area contributed by atoms with Gasteiger partial charge in [0.1, 0.15) is 5.76 Å². The average Bonchev–Trinajstić information content (AvgIpc) is 3.03. The van der Waals surface area contributed by atoms with Gasteiger partial charge >= 0.3 is 0 Å². The van der Waals surface area contributed by atoms with Gasteiger partial charge in [0.2, 0.25) is 0 Å². The van der Waals surface area contributed by atoms with Crippen molar-refractivity contribution in [2.45, 2.75) is 33.1 Å². The molecule has 0 aromatic carbocycles. The molecule has 0 saturated carbocycles. The largest absolute Gasteiger partial charge is 0.389 e. The predicted molar refractivity (Wildman–Crippen MR) is 77.7 cm³/mol. The lowest BCUT2D eigenvalue weighted by Crippen LogP contribution is -2.30. The Morgan fingerprint density at radius 1 is 1.50 bits per heavy atom. The molecule has 0 fully saturated rings. The van der Waals surface area contributed by atoms with Gasteiger partial charge < -0.3 is 19.7 Å². The first-order valence-corrected chi connectivity index (χ1v) is 7.45. The molecule has 2 heterocycles. The fourth-order valence-corrected chi connectivity index (χ4v) is 2.51. The molecule has 0 aliphatic heterocycles. The number of ether oxygens (including phenoxy) is 1. The molecule has 1 unspecified atom stereocenters. The first kappa shape index (κ1) is 15.2. The lowest BCUT2D eigenvalue weighted by atomic mass is 10.2. The molecule has 0 aliphatic rings. The van der Waals surface area contributed by atoms with Crippen LogP contribution in [0.4, 0.5) is 0 Å². The van der Waals surface area contributed by atoms with Crippen LogP contribution < -0.4 is 5.32 Å². The number of rotatable bonds is 8. The Morgan fingerprint density at radius 2 is 2.35 bits per heavy atom. The van der Waals surface area contributed by atoms with E-state index in [1.807, 2.05) is 31.4 Å². The maximum atomic E-state index is 9.82. The number of aromatic nitrogens is 1. The van der Waals surface area contributed by atoms with E-state index in [0.717, 1.165) is 17.0 Å². The van der Waals surface area contributed by atoms with Crippen LogP contribution in [0, 0.1) is 13.8 Å². The van der Waals surface area contributed by atoms with Gasteiger partial charge in [0.05, 0.1) is 25.0 Å². The topological polar surface area (TPSA) is 67.5 Å². The van der Waals surface area contributed by atoms with E-state index in [2.05, 4.69) is 10.5 Å². The number of nitrogens with one attached hydrogen (secondary N) is 1. The zero-order valence-electron chi connectivity index (χ0n) is 11.8. The van der Waals surface area contributed by atoms with Gasteiger partial charge in [0.15, 0.2) is 0 Å². The van der Waals surface area contributed by atoms with E-state index >= 15 is 0 Å². The molecule has 0 bridgehead atoms. The van der Waals surface area contributed by atoms with Gasteiger partial charge in [0.25, 0.3) is 0 Å². The summed E-state index contributed by atoms with van der Waals surface area (Å²) in [5.74, 6) is 0.818. The second kappa shape index (κ2) is 7.54. The van der Waals surface area contributed by atoms with Gasteiger partial charge in [-0.1, -0.05) is 11.2 Å². The summed E-state index contributed by atoms with van der Waals surface area (Å²) in [6.45, 7) is 5.80. The molecule has 2 aromatic heterocycles. The van der Waals surface area contributed by atoms with Crippen molar-refractivity contribution in [1.82, 2.24) is 10.5 Å². The standard InChI is InChI=1S/C14H20N2O3S/c1-10-14(11(2)19-16-10)7-15-6-12(17)8-18-9-13-4-3-5-20-13/h3-5,12,15,17H,6-9H2,1-2H3. The molecule has 0 saturated heterocycles. The number of hydrogen-bond acceptors (Lipinski definition) is 6. The molecule has 2 aromatic rings. The van der Waals surface area contributed by atoms with Crippen molar-refractivity contribution >= 4 is 11.3 Å². The van der Waals surface area contributed by atoms with Crippen molar-refractivity contribution in [3.05, 3.63) is 39.4 Å². The zero-order valence-corrected chi connectivity index (χ0v) is 12.6. The molecular weight excluding hydrogens is 276 g/mol. The third kappa shape index (κ3) is 4.42. The van der Waals surface area contributed by atoms with Crippen molar-refractivity contribution < 1.29 is 14.4 Å². The molecule has 2 N–H and O–H groups in total. The fourth-order valence-electron chi connectivity index (χ4n) is 1.87. The zero-order chi connectivity index (χ0) is 14.4. The maximum Gasteiger partial charge on any atom is 0.138 e. The third-order valence-electron chi connectivity index (χ3n) is 3.00. The first-order valence-electron chi connectivity index (χ1n) is 6.57. The summed E-state index contributed by atoms with van der Waals surface area (Å²) in [5, 5.41) is 18.9. The number of aliphatic hydroxyl groups is 1. The highest BCUT2D eigenvalue weighted by Crippen LogP contribution is 2.11. The van der Waals surface area contributed by atoms with E-state index in [-0.39, 0.29) is 0 Å². The van der Waals surface area contributed by atoms with Gasteiger partial charge in [-0.3, -0.25) is 0 Å². The molecule has 0 aliphatic carbocycles. The second-order valence-corrected chi connectivity index (χ2v) is 5.71. The Labute approximate surface area is 122 Å². The van der Waals surface area contributed by atoms with Crippen molar-refractivity contribution in [3.8, 4) is 0 Å². The van der Waals surface area contributed by atoms with Gasteiger partial charge in [0, 0.05) is 23.5 Å². The minimum Gasteiger partial charge on any atom is -0.389 e. The van der Waals surface area contributed by atoms with E-state index in [1.165, 1.54) is 4.88 Å². The second-order valence-electron chi connectivity index (χ2n) is 4.68. The highest BCUT2D eigenvalue weighted by atomic mass is 32.1. The molecule has 2 rings (SSSR count). The highest BCUT2D eigenvalue weighted by molar-refractivity contribution is 7.09. The van der Waals surface area contributed by atoms with Crippen LogP contribution in [0.3, 0.4) is 0 Å². The van der Waals surface area contributed by atoms with Crippen LogP contribution >= 0.6 is 11.3 Å². The summed E-state index contributed by atoms with van der Waals surface area (Å²) in [6.07, 6.45) is -0.518. The van der Waals surface area contributed by atoms with Crippen LogP contribution in [-0.4, -0.2) is 29.5 Å². The van der Waals surface area contributed by atoms with Crippen LogP contribution in [0.5, 0.6) is 0 Å². The molecular formula is C14H20N2O3S. The van der Waals surface area contributed by atoms with Gasteiger partial charge in [-0.15, -0.1) is 11.3 Å². The number of aliphatic hydroxyl groups excluding tert-OH is 1. The van der Waals surface area contributed by atoms with Crippen LogP contribution in [0.25, 0.3) is 0 Å². The minimum atomic E-state index is -0.518. The van der Waals surface area contributed by atoms with Crippen molar-refractivity contribution in [3.63, 3.8) is 0 Å². The smallest absolute Gasteiger partial charge is 0.138 e. The van der Waals surface area contributed by atoms with E-state index in [0.29, 0.717) is 26.3 Å². The average molecular weight is 296 g/mol. The summed E-state index contributed by atoms with van der Waals surface area (Å²) in [5.41, 5.74) is 1.94. The predicted octanol–water partition coefficient (Wildman–Crippen LogP) is 2.02. The minimum absolute atomic E-state index is 0.326. The molecule has 6 heteroatoms. The Balaban J connectivity index is 1.61. The Hall–Kier alpha value is -1.21. The summed E-state index contributed by atoms with van der Waals surface area (Å²) < 4.78 is 10.5. The van der Waals surface area contributed by atoms with Gasteiger partial charge in [-0.25, -0.2) is 0 Å². The lowest BCUT2D eigenvalue weighted by Gasteiger charge is -2.12. The van der Waals surface area contributed by atoms with E-state index in [1.54, 1.807) is 11.3 Å². The van der Waals surface area contributed by atoms with Crippen LogP contribution in [0.15, 0.2) is 22.0 Å². The van der Waals surface area contributed by atoms with E-state index in [4.69, 9.17) is 9.26 Å². The van der Waals surface area contributed by atoms with Crippen LogP contribution in [0.1, 0.15) is 21.9 Å². The molecule has 20 heavy (non-hydrogen) atoms. The quantitative estimate of drug-likeness (QED) is 0.780. The lowest BCUT2D eigenvalue weighted by molar-refractivity contribution is 0.0297. The summed E-state index contributed by atoms with van der Waals surface area (Å²) in [7, 11) is 0. The molecule has 0 amide bonds. The number of aryl methyl sites for hydroxylation is 2. The maximum absolute atomic E-state index is 9.82. The SMILES string of the molecule is Cc1noc(C)c1CNCC(O)COCc1cccs1. The summed E-state index contributed by atoms with van der Waals surface area (Å²) >= 11 is 1.65. The number of hydrogen-bond donors (Lipinski definition) is 2. The molecule has 110 valence electrons. The van der Waals surface area contributed by atoms with Crippen molar-refractivity contribution in [1.29, 1.82) is 0 Å². The Morgan fingerprint density at radius 3 is 3.00 bits per heavy atom. The molecule has 0 radical (unpaired) electrons. The highest BCUT2D eigenvalue weighted by Gasteiger charge is 2.10. The molecule has 0 spiro atoms. The molecule has 5 nitrogen and oxygen atoms in total. The van der Waals surface area contributed by atoms with Crippen molar-refractivity contribution in [2.24, 2.45) is 0 Å². The van der Waals surface area contributed by atoms with Crippen LogP contribution in [-0.2, 0) is 17.9 Å². The first-order chi connectivity index (χ1) is 9.66. The summed E-state index contributed by atoms with van der Waals surface area (Å²) in [6, 6.07) is 4.01. The molecule has 1 atom stereocenters. The van der Waals surface area contributed by atoms with Gasteiger partial charge in [-0.2, -0.15) is 0 Å². The van der Waals surface area contributed by atoms with E-state index < -0.39 is 6.10 Å². The normalized spacial score (nSPS) is 12.8. The monoisotopic (exact) mass is 296 g/mol. The van der Waals surface area contributed by atoms with Crippen molar-refractivity contribution in [2.75, 3.05) is 13.2 Å². The van der Waals surface area contributed by atoms with Gasteiger partial charge in [-0.05, 0) is 25.3 Å².